The second kappa shape index (κ2) is 14.0. The zero-order chi connectivity index (χ0) is 25.0. The van der Waals surface area contributed by atoms with Gasteiger partial charge >= 0.3 is 0 Å². The topological polar surface area (TPSA) is 49.4 Å². The molecule has 3 aromatic carbocycles. The van der Waals surface area contributed by atoms with E-state index in [2.05, 4.69) is 5.32 Å². The van der Waals surface area contributed by atoms with Crippen molar-refractivity contribution in [2.24, 2.45) is 0 Å². The Morgan fingerprint density at radius 1 is 0.886 bits per heavy atom. The maximum absolute atomic E-state index is 13.5. The highest BCUT2D eigenvalue weighted by Crippen LogP contribution is 2.22. The van der Waals surface area contributed by atoms with Crippen LogP contribution in [-0.2, 0) is 22.6 Å². The summed E-state index contributed by atoms with van der Waals surface area (Å²) in [7, 11) is 0. The molecule has 6 heteroatoms. The first-order valence-corrected chi connectivity index (χ1v) is 13.3. The van der Waals surface area contributed by atoms with Crippen molar-refractivity contribution in [1.29, 1.82) is 0 Å². The summed E-state index contributed by atoms with van der Waals surface area (Å²) in [6, 6.07) is 26.9. The molecule has 0 aliphatic rings. The molecule has 0 saturated heterocycles. The molecule has 0 spiro atoms. The van der Waals surface area contributed by atoms with Crippen LogP contribution in [0.2, 0.25) is 5.02 Å². The first-order chi connectivity index (χ1) is 16.9. The Morgan fingerprint density at radius 3 is 2.09 bits per heavy atom. The predicted molar refractivity (Wildman–Crippen MR) is 146 cm³/mol. The summed E-state index contributed by atoms with van der Waals surface area (Å²) in [6.07, 6.45) is 1.58. The molecule has 35 heavy (non-hydrogen) atoms. The first-order valence-electron chi connectivity index (χ1n) is 12.0. The number of halogens is 1. The van der Waals surface area contributed by atoms with Crippen LogP contribution < -0.4 is 5.32 Å². The van der Waals surface area contributed by atoms with Gasteiger partial charge in [-0.25, -0.2) is 0 Å². The minimum absolute atomic E-state index is 0.00889. The number of rotatable bonds is 12. The van der Waals surface area contributed by atoms with Crippen molar-refractivity contribution in [3.8, 4) is 0 Å². The smallest absolute Gasteiger partial charge is 0.243 e. The maximum Gasteiger partial charge on any atom is 0.243 e. The lowest BCUT2D eigenvalue weighted by Crippen LogP contribution is -2.51. The van der Waals surface area contributed by atoms with Crippen molar-refractivity contribution in [2.45, 2.75) is 56.6 Å². The van der Waals surface area contributed by atoms with Crippen molar-refractivity contribution in [3.05, 3.63) is 101 Å². The third-order valence-electron chi connectivity index (χ3n) is 5.52. The minimum atomic E-state index is -0.587. The predicted octanol–water partition coefficient (Wildman–Crippen LogP) is 6.38. The van der Waals surface area contributed by atoms with Crippen LogP contribution in [0.15, 0.2) is 89.8 Å². The number of nitrogens with one attached hydrogen (secondary N) is 1. The molecule has 0 radical (unpaired) electrons. The lowest BCUT2D eigenvalue weighted by molar-refractivity contribution is -0.141. The molecule has 1 N–H and O–H groups in total. The number of nitrogens with zero attached hydrogens (tertiary/aromatic N) is 1. The van der Waals surface area contributed by atoms with Crippen LogP contribution in [-0.4, -0.2) is 34.6 Å². The van der Waals surface area contributed by atoms with Gasteiger partial charge in [-0.3, -0.25) is 9.59 Å². The largest absolute Gasteiger partial charge is 0.352 e. The number of benzene rings is 3. The summed E-state index contributed by atoms with van der Waals surface area (Å²) in [6.45, 7) is 4.27. The van der Waals surface area contributed by atoms with Crippen LogP contribution in [0.3, 0.4) is 0 Å². The van der Waals surface area contributed by atoms with E-state index in [4.69, 9.17) is 11.6 Å². The van der Waals surface area contributed by atoms with Gasteiger partial charge in [-0.05, 0) is 61.4 Å². The number of thioether (sulfide) groups is 1. The number of hydrogen-bond donors (Lipinski definition) is 1. The Hall–Kier alpha value is -2.76. The van der Waals surface area contributed by atoms with E-state index < -0.39 is 6.04 Å². The fourth-order valence-corrected chi connectivity index (χ4v) is 4.78. The van der Waals surface area contributed by atoms with Gasteiger partial charge in [0.25, 0.3) is 0 Å². The van der Waals surface area contributed by atoms with Gasteiger partial charge in [-0.1, -0.05) is 72.3 Å². The Labute approximate surface area is 218 Å². The molecule has 2 amide bonds. The lowest BCUT2D eigenvalue weighted by Gasteiger charge is -2.32. The molecule has 0 bridgehead atoms. The Bertz CT molecular complexity index is 1060. The monoisotopic (exact) mass is 508 g/mol. The third-order valence-corrected chi connectivity index (χ3v) is 6.87. The molecule has 0 fully saturated rings. The van der Waals surface area contributed by atoms with E-state index in [1.54, 1.807) is 16.7 Å². The molecule has 3 rings (SSSR count). The fraction of sp³-hybridized carbons (Fsp3) is 0.310. The van der Waals surface area contributed by atoms with Crippen LogP contribution in [0.4, 0.5) is 0 Å². The van der Waals surface area contributed by atoms with Gasteiger partial charge in [-0.2, -0.15) is 0 Å². The highest BCUT2D eigenvalue weighted by atomic mass is 35.5. The van der Waals surface area contributed by atoms with Gasteiger partial charge in [0.05, 0.1) is 0 Å². The van der Waals surface area contributed by atoms with Crippen molar-refractivity contribution in [2.75, 3.05) is 5.75 Å². The highest BCUT2D eigenvalue weighted by Gasteiger charge is 2.30. The summed E-state index contributed by atoms with van der Waals surface area (Å²) in [4.78, 5) is 29.7. The van der Waals surface area contributed by atoms with Crippen LogP contribution in [0, 0.1) is 0 Å². The number of amides is 2. The van der Waals surface area contributed by atoms with Gasteiger partial charge in [0.1, 0.15) is 6.04 Å². The average Bonchev–Trinajstić information content (AvgIpc) is 2.85. The van der Waals surface area contributed by atoms with E-state index in [9.17, 15) is 9.59 Å². The van der Waals surface area contributed by atoms with E-state index in [0.717, 1.165) is 28.2 Å². The van der Waals surface area contributed by atoms with Crippen molar-refractivity contribution >= 4 is 35.2 Å². The zero-order valence-electron chi connectivity index (χ0n) is 20.3. The molecule has 0 aliphatic heterocycles. The molecular weight excluding hydrogens is 476 g/mol. The quantitative estimate of drug-likeness (QED) is 0.228. The molecular formula is C29H33ClN2O2S. The van der Waals surface area contributed by atoms with Crippen molar-refractivity contribution < 1.29 is 9.59 Å². The average molecular weight is 509 g/mol. The maximum atomic E-state index is 13.5. The molecule has 4 nitrogen and oxygen atoms in total. The van der Waals surface area contributed by atoms with E-state index >= 15 is 0 Å². The van der Waals surface area contributed by atoms with Crippen molar-refractivity contribution in [1.82, 2.24) is 10.2 Å². The second-order valence-corrected chi connectivity index (χ2v) is 10.4. The van der Waals surface area contributed by atoms with Gasteiger partial charge < -0.3 is 10.2 Å². The molecule has 0 saturated carbocycles. The summed E-state index contributed by atoms with van der Waals surface area (Å²) in [5, 5.41) is 3.74. The van der Waals surface area contributed by atoms with E-state index in [1.165, 1.54) is 0 Å². The van der Waals surface area contributed by atoms with Crippen molar-refractivity contribution in [3.63, 3.8) is 0 Å². The normalized spacial score (nSPS) is 11.8. The Kier molecular flexibility index (Phi) is 10.7. The lowest BCUT2D eigenvalue weighted by atomic mass is 10.0. The summed E-state index contributed by atoms with van der Waals surface area (Å²) in [5.74, 6) is 0.683. The molecule has 1 unspecified atom stereocenters. The molecule has 0 aliphatic carbocycles. The molecule has 0 aromatic heterocycles. The highest BCUT2D eigenvalue weighted by molar-refractivity contribution is 7.99. The van der Waals surface area contributed by atoms with Crippen LogP contribution in [0.5, 0.6) is 0 Å². The fourth-order valence-electron chi connectivity index (χ4n) is 3.80. The van der Waals surface area contributed by atoms with E-state index in [-0.39, 0.29) is 17.9 Å². The number of carbonyl (C=O) groups excluding carboxylic acids is 2. The molecule has 1 atom stereocenters. The molecule has 3 aromatic rings. The minimum Gasteiger partial charge on any atom is -0.352 e. The Balaban J connectivity index is 1.75. The molecule has 0 heterocycles. The zero-order valence-corrected chi connectivity index (χ0v) is 21.9. The number of carbonyl (C=O) groups is 2. The summed E-state index contributed by atoms with van der Waals surface area (Å²) >= 11 is 7.67. The number of hydrogen-bond acceptors (Lipinski definition) is 3. The summed E-state index contributed by atoms with van der Waals surface area (Å²) < 4.78 is 0. The first kappa shape index (κ1) is 26.8. The standard InChI is InChI=1S/C29H33ClN2O2S/c1-22(2)31-29(34)27(20-23-10-5-3-6-11-23)32(21-24-12-7-4-8-13-24)28(33)14-9-19-35-26-17-15-25(30)16-18-26/h3-8,10-13,15-18,22,27H,9,14,19-21H2,1-2H3,(H,31,34). The van der Waals surface area contributed by atoms with E-state index in [1.807, 2.05) is 98.8 Å². The SMILES string of the molecule is CC(C)NC(=O)C(Cc1ccccc1)N(Cc1ccccc1)C(=O)CCCSc1ccc(Cl)cc1. The van der Waals surface area contributed by atoms with Crippen LogP contribution in [0.1, 0.15) is 37.8 Å². The van der Waals surface area contributed by atoms with Gasteiger partial charge in [0.15, 0.2) is 0 Å². The van der Waals surface area contributed by atoms with Gasteiger partial charge in [0, 0.05) is 35.3 Å². The Morgan fingerprint density at radius 2 is 1.49 bits per heavy atom. The second-order valence-electron chi connectivity index (χ2n) is 8.78. The van der Waals surface area contributed by atoms with Crippen LogP contribution >= 0.6 is 23.4 Å². The summed E-state index contributed by atoms with van der Waals surface area (Å²) in [5.41, 5.74) is 2.03. The van der Waals surface area contributed by atoms with Gasteiger partial charge in [0.2, 0.25) is 11.8 Å². The third kappa shape index (κ3) is 9.08. The molecule has 184 valence electrons. The van der Waals surface area contributed by atoms with Crippen LogP contribution in [0.25, 0.3) is 0 Å². The van der Waals surface area contributed by atoms with Gasteiger partial charge in [-0.15, -0.1) is 11.8 Å². The van der Waals surface area contributed by atoms with E-state index in [0.29, 0.717) is 24.4 Å².